The highest BCUT2D eigenvalue weighted by molar-refractivity contribution is 9.10. The van der Waals surface area contributed by atoms with Crippen molar-refractivity contribution in [3.63, 3.8) is 0 Å². The molecule has 0 saturated carbocycles. The molecule has 1 rings (SSSR count). The van der Waals surface area contributed by atoms with E-state index in [0.29, 0.717) is 12.0 Å². The Morgan fingerprint density at radius 2 is 2.13 bits per heavy atom. The fraction of sp³-hybridized carbons (Fsp3) is 0.545. The quantitative estimate of drug-likeness (QED) is 0.842. The molecule has 1 aromatic heterocycles. The number of nitrogens with one attached hydrogen (secondary N) is 1. The highest BCUT2D eigenvalue weighted by Gasteiger charge is 2.12. The van der Waals surface area contributed by atoms with E-state index in [9.17, 15) is 0 Å². The van der Waals surface area contributed by atoms with Crippen LogP contribution in [0.2, 0.25) is 0 Å². The Hall–Kier alpha value is -0.0900. The van der Waals surface area contributed by atoms with Gasteiger partial charge < -0.3 is 5.32 Å². The number of aromatic nitrogens is 1. The first-order chi connectivity index (χ1) is 7.04. The number of anilines is 1. The molecule has 2 atom stereocenters. The summed E-state index contributed by atoms with van der Waals surface area (Å²) in [6.45, 7) is 6.40. The van der Waals surface area contributed by atoms with Crippen LogP contribution in [-0.2, 0) is 0 Å². The smallest absolute Gasteiger partial charge is 0.140 e. The van der Waals surface area contributed by atoms with Crippen molar-refractivity contribution in [2.45, 2.75) is 26.8 Å². The lowest BCUT2D eigenvalue weighted by atomic mass is 10.1. The molecule has 0 fully saturated rings. The molecular formula is C11H16Br2N2. The standard InChI is InChI=1S/C11H16Br2N2/c1-7-4-10(13)11(14-6-7)15-9(3)8(2)5-12/h4,6,8-9H,5H2,1-3H3,(H,14,15). The van der Waals surface area contributed by atoms with Crippen LogP contribution in [0.15, 0.2) is 16.7 Å². The average Bonchev–Trinajstić information content (AvgIpc) is 2.20. The van der Waals surface area contributed by atoms with Gasteiger partial charge in [0.15, 0.2) is 0 Å². The summed E-state index contributed by atoms with van der Waals surface area (Å²) in [4.78, 5) is 4.36. The fourth-order valence-corrected chi connectivity index (χ4v) is 2.27. The van der Waals surface area contributed by atoms with Crippen molar-refractivity contribution in [1.29, 1.82) is 0 Å². The van der Waals surface area contributed by atoms with Gasteiger partial charge in [-0.3, -0.25) is 0 Å². The number of alkyl halides is 1. The second-order valence-electron chi connectivity index (χ2n) is 3.91. The van der Waals surface area contributed by atoms with Crippen molar-refractivity contribution in [2.75, 3.05) is 10.6 Å². The molecule has 4 heteroatoms. The monoisotopic (exact) mass is 334 g/mol. The summed E-state index contributed by atoms with van der Waals surface area (Å²) in [6.07, 6.45) is 1.87. The number of nitrogens with zero attached hydrogens (tertiary/aromatic N) is 1. The van der Waals surface area contributed by atoms with Gasteiger partial charge in [-0.2, -0.15) is 0 Å². The molecule has 2 nitrogen and oxygen atoms in total. The summed E-state index contributed by atoms with van der Waals surface area (Å²) in [6, 6.07) is 2.47. The Balaban J connectivity index is 2.72. The van der Waals surface area contributed by atoms with Crippen LogP contribution in [0, 0.1) is 12.8 Å². The van der Waals surface area contributed by atoms with Gasteiger partial charge in [0, 0.05) is 17.6 Å². The Kier molecular flexibility index (Phi) is 5.06. The summed E-state index contributed by atoms with van der Waals surface area (Å²) in [5.41, 5.74) is 1.16. The summed E-state index contributed by atoms with van der Waals surface area (Å²) >= 11 is 7.00. The van der Waals surface area contributed by atoms with E-state index < -0.39 is 0 Å². The summed E-state index contributed by atoms with van der Waals surface area (Å²) in [5, 5.41) is 4.39. The minimum absolute atomic E-state index is 0.399. The Bertz CT molecular complexity index is 328. The molecule has 0 radical (unpaired) electrons. The Morgan fingerprint density at radius 3 is 2.67 bits per heavy atom. The van der Waals surface area contributed by atoms with Gasteiger partial charge in [0.25, 0.3) is 0 Å². The van der Waals surface area contributed by atoms with Crippen LogP contribution in [0.1, 0.15) is 19.4 Å². The maximum absolute atomic E-state index is 4.36. The zero-order valence-electron chi connectivity index (χ0n) is 9.22. The first-order valence-electron chi connectivity index (χ1n) is 4.99. The lowest BCUT2D eigenvalue weighted by Crippen LogP contribution is -2.25. The molecule has 2 unspecified atom stereocenters. The van der Waals surface area contributed by atoms with Crippen LogP contribution in [-0.4, -0.2) is 16.4 Å². The zero-order chi connectivity index (χ0) is 11.4. The van der Waals surface area contributed by atoms with Crippen molar-refractivity contribution >= 4 is 37.7 Å². The van der Waals surface area contributed by atoms with Crippen LogP contribution in [0.3, 0.4) is 0 Å². The van der Waals surface area contributed by atoms with Gasteiger partial charge in [-0.15, -0.1) is 0 Å². The van der Waals surface area contributed by atoms with Gasteiger partial charge in [0.2, 0.25) is 0 Å². The summed E-state index contributed by atoms with van der Waals surface area (Å²) < 4.78 is 1.02. The van der Waals surface area contributed by atoms with Gasteiger partial charge in [0.05, 0.1) is 4.47 Å². The molecule has 1 heterocycles. The topological polar surface area (TPSA) is 24.9 Å². The largest absolute Gasteiger partial charge is 0.366 e. The zero-order valence-corrected chi connectivity index (χ0v) is 12.4. The van der Waals surface area contributed by atoms with E-state index in [1.807, 2.05) is 13.1 Å². The maximum atomic E-state index is 4.36. The first kappa shape index (κ1) is 13.0. The van der Waals surface area contributed by atoms with Gasteiger partial charge >= 0.3 is 0 Å². The van der Waals surface area contributed by atoms with E-state index in [0.717, 1.165) is 21.2 Å². The number of rotatable bonds is 4. The van der Waals surface area contributed by atoms with Gasteiger partial charge in [-0.05, 0) is 47.3 Å². The third kappa shape index (κ3) is 3.76. The Morgan fingerprint density at radius 1 is 1.47 bits per heavy atom. The highest BCUT2D eigenvalue weighted by Crippen LogP contribution is 2.22. The molecule has 0 spiro atoms. The van der Waals surface area contributed by atoms with Crippen LogP contribution in [0.4, 0.5) is 5.82 Å². The van der Waals surface area contributed by atoms with Crippen LogP contribution in [0.5, 0.6) is 0 Å². The van der Waals surface area contributed by atoms with Crippen molar-refractivity contribution < 1.29 is 0 Å². The van der Waals surface area contributed by atoms with Crippen LogP contribution < -0.4 is 5.32 Å². The predicted molar refractivity (Wildman–Crippen MR) is 72.7 cm³/mol. The average molecular weight is 336 g/mol. The molecule has 1 N–H and O–H groups in total. The molecule has 15 heavy (non-hydrogen) atoms. The molecule has 0 bridgehead atoms. The molecule has 1 aromatic rings. The van der Waals surface area contributed by atoms with Gasteiger partial charge in [-0.25, -0.2) is 4.98 Å². The minimum atomic E-state index is 0.399. The number of hydrogen-bond acceptors (Lipinski definition) is 2. The Labute approximate surface area is 108 Å². The molecular weight excluding hydrogens is 320 g/mol. The van der Waals surface area contributed by atoms with Crippen molar-refractivity contribution in [1.82, 2.24) is 4.98 Å². The normalized spacial score (nSPS) is 14.7. The minimum Gasteiger partial charge on any atom is -0.366 e. The van der Waals surface area contributed by atoms with E-state index in [1.165, 1.54) is 0 Å². The van der Waals surface area contributed by atoms with E-state index >= 15 is 0 Å². The highest BCUT2D eigenvalue weighted by atomic mass is 79.9. The van der Waals surface area contributed by atoms with Crippen molar-refractivity contribution in [2.24, 2.45) is 5.92 Å². The number of pyridine rings is 1. The summed E-state index contributed by atoms with van der Waals surface area (Å²) in [7, 11) is 0. The third-order valence-electron chi connectivity index (χ3n) is 2.44. The van der Waals surface area contributed by atoms with Crippen molar-refractivity contribution in [3.8, 4) is 0 Å². The van der Waals surface area contributed by atoms with Gasteiger partial charge in [-0.1, -0.05) is 22.9 Å². The summed E-state index contributed by atoms with van der Waals surface area (Å²) in [5.74, 6) is 1.49. The second-order valence-corrected chi connectivity index (χ2v) is 5.41. The van der Waals surface area contributed by atoms with Crippen LogP contribution in [0.25, 0.3) is 0 Å². The lowest BCUT2D eigenvalue weighted by Gasteiger charge is -2.20. The third-order valence-corrected chi connectivity index (χ3v) is 4.07. The van der Waals surface area contributed by atoms with E-state index in [2.05, 4.69) is 62.1 Å². The second kappa shape index (κ2) is 5.85. The number of hydrogen-bond donors (Lipinski definition) is 1. The van der Waals surface area contributed by atoms with E-state index in [4.69, 9.17) is 0 Å². The first-order valence-corrected chi connectivity index (χ1v) is 6.90. The molecule has 0 amide bonds. The number of aryl methyl sites for hydroxylation is 1. The lowest BCUT2D eigenvalue weighted by molar-refractivity contribution is 0.570. The molecule has 0 aliphatic carbocycles. The molecule has 0 saturated heterocycles. The molecule has 0 aliphatic heterocycles. The van der Waals surface area contributed by atoms with Gasteiger partial charge in [0.1, 0.15) is 5.82 Å². The molecule has 0 aromatic carbocycles. The SMILES string of the molecule is Cc1cnc(NC(C)C(C)CBr)c(Br)c1. The van der Waals surface area contributed by atoms with E-state index in [-0.39, 0.29) is 0 Å². The van der Waals surface area contributed by atoms with Crippen molar-refractivity contribution in [3.05, 3.63) is 22.3 Å². The fourth-order valence-electron chi connectivity index (χ4n) is 1.13. The molecule has 84 valence electrons. The maximum Gasteiger partial charge on any atom is 0.140 e. The number of halogens is 2. The molecule has 0 aliphatic rings. The predicted octanol–water partition coefficient (Wildman–Crippen LogP) is 3.98. The van der Waals surface area contributed by atoms with E-state index in [1.54, 1.807) is 0 Å². The van der Waals surface area contributed by atoms with Crippen LogP contribution >= 0.6 is 31.9 Å².